The number of anilines is 1. The molecule has 15 nitrogen and oxygen atoms in total. The van der Waals surface area contributed by atoms with Crippen molar-refractivity contribution in [2.24, 2.45) is 5.73 Å². The number of methoxy groups -OCH3 is 1. The van der Waals surface area contributed by atoms with E-state index in [1.807, 2.05) is 53.5 Å². The minimum Gasteiger partial charge on any atom is -0.497 e. The number of hydrogen-bond donors (Lipinski definition) is 2. The summed E-state index contributed by atoms with van der Waals surface area (Å²) in [5.41, 5.74) is 8.20. The molecule has 6 rings (SSSR count). The topological polar surface area (TPSA) is 179 Å². The van der Waals surface area contributed by atoms with Crippen LogP contribution in [0.25, 0.3) is 28.5 Å². The second kappa shape index (κ2) is 15.0. The van der Waals surface area contributed by atoms with Crippen LogP contribution in [0.4, 0.5) is 5.82 Å². The monoisotopic (exact) mass is 725 g/mol. The number of primary amides is 1. The van der Waals surface area contributed by atoms with Gasteiger partial charge in [-0.3, -0.25) is 18.8 Å². The Kier molecular flexibility index (Phi) is 10.5. The van der Waals surface area contributed by atoms with Crippen molar-refractivity contribution in [3.8, 4) is 16.5 Å². The number of likely N-dealkylation sites (N-methyl/N-ethyl adjacent to an activating group) is 1. The molecule has 2 amide bonds. The van der Waals surface area contributed by atoms with Gasteiger partial charge in [0.1, 0.15) is 22.2 Å². The molecular formula is C36H43N11O4S. The van der Waals surface area contributed by atoms with E-state index in [1.165, 1.54) is 26.6 Å². The molecule has 0 aliphatic carbocycles. The molecule has 0 bridgehead atoms. The second-order valence-corrected chi connectivity index (χ2v) is 14.9. The first-order chi connectivity index (χ1) is 24.8. The van der Waals surface area contributed by atoms with Gasteiger partial charge in [0.2, 0.25) is 11.8 Å². The van der Waals surface area contributed by atoms with Crippen molar-refractivity contribution in [3.05, 3.63) is 80.3 Å². The van der Waals surface area contributed by atoms with E-state index in [1.54, 1.807) is 25.3 Å². The quantitative estimate of drug-likeness (QED) is 0.205. The van der Waals surface area contributed by atoms with Gasteiger partial charge >= 0.3 is 0 Å². The molecule has 0 saturated carbocycles. The lowest BCUT2D eigenvalue weighted by Crippen LogP contribution is -2.47. The molecule has 5 heterocycles. The number of fused-ring (bicyclic) bond motifs is 1. The molecule has 0 spiro atoms. The van der Waals surface area contributed by atoms with Crippen LogP contribution in [0, 0.1) is 0 Å². The van der Waals surface area contributed by atoms with E-state index in [9.17, 15) is 14.4 Å². The zero-order chi connectivity index (χ0) is 37.2. The molecule has 1 fully saturated rings. The molecule has 1 aromatic carbocycles. The van der Waals surface area contributed by atoms with Gasteiger partial charge in [-0.1, -0.05) is 32.9 Å². The van der Waals surface area contributed by atoms with Crippen molar-refractivity contribution >= 4 is 46.8 Å². The molecule has 4 aromatic heterocycles. The summed E-state index contributed by atoms with van der Waals surface area (Å²) in [5, 5.41) is 18.5. The van der Waals surface area contributed by atoms with Gasteiger partial charge in [-0.15, -0.1) is 21.5 Å². The van der Waals surface area contributed by atoms with E-state index in [-0.39, 0.29) is 34.1 Å². The smallest absolute Gasteiger partial charge is 0.267 e. The number of pyridine rings is 1. The number of nitrogens with zero attached hydrogens (tertiary/aromatic N) is 9. The summed E-state index contributed by atoms with van der Waals surface area (Å²) in [6.45, 7) is 7.96. The fourth-order valence-corrected chi connectivity index (χ4v) is 6.97. The van der Waals surface area contributed by atoms with Crippen molar-refractivity contribution in [1.82, 2.24) is 44.8 Å². The number of hydrogen-bond acceptors (Lipinski definition) is 12. The number of nitrogens with one attached hydrogen (secondary N) is 1. The maximum absolute atomic E-state index is 14.7. The summed E-state index contributed by atoms with van der Waals surface area (Å²) in [6, 6.07) is 10.7. The number of thiazole rings is 1. The molecule has 0 radical (unpaired) electrons. The van der Waals surface area contributed by atoms with Crippen LogP contribution < -0.4 is 26.2 Å². The van der Waals surface area contributed by atoms with Crippen LogP contribution in [-0.4, -0.2) is 98.2 Å². The lowest BCUT2D eigenvalue weighted by atomic mass is 9.93. The first kappa shape index (κ1) is 36.3. The molecule has 3 N–H and O–H groups in total. The number of benzene rings is 1. The Balaban J connectivity index is 1.40. The summed E-state index contributed by atoms with van der Waals surface area (Å²) in [4.78, 5) is 54.8. The van der Waals surface area contributed by atoms with Crippen LogP contribution in [0.5, 0.6) is 5.75 Å². The number of carbonyl (C=O) groups excluding carboxylic acids is 2. The normalized spacial score (nSPS) is 14.1. The third kappa shape index (κ3) is 8.18. The highest BCUT2D eigenvalue weighted by atomic mass is 32.1. The molecule has 52 heavy (non-hydrogen) atoms. The molecule has 1 aliphatic heterocycles. The summed E-state index contributed by atoms with van der Waals surface area (Å²) >= 11 is 1.38. The standard InChI is InChI=1S/C36H43N11O4S/c1-36(2,3)28-21-52-34(39-28)27-17-23(32(37)49)18-30-40-33(45-15-13-24(14-16-45)38-31(48)20-44(4)5)26(35(50)47(27)30)11-12-29-41-43-46(42-29)19-22-7-9-25(51-6)10-8-22/h7-12,17-18,21,24H,13-16,19-20H2,1-6H3,(H2,37,49)(H,38,48). The predicted octanol–water partition coefficient (Wildman–Crippen LogP) is 3.07. The van der Waals surface area contributed by atoms with Crippen LogP contribution in [0.3, 0.4) is 0 Å². The highest BCUT2D eigenvalue weighted by molar-refractivity contribution is 7.13. The Bertz CT molecular complexity index is 2170. The van der Waals surface area contributed by atoms with Crippen molar-refractivity contribution in [2.75, 3.05) is 45.7 Å². The SMILES string of the molecule is COc1ccc(Cn2nnc(C=Cc3c(N4CCC(NC(=O)CN(C)C)CC4)nc4cc(C(N)=O)cc(-c5nc(C(C)(C)C)cs5)n4c3=O)n2)cc1. The zero-order valence-electron chi connectivity index (χ0n) is 30.2. The summed E-state index contributed by atoms with van der Waals surface area (Å²) in [7, 11) is 5.32. The maximum atomic E-state index is 14.7. The van der Waals surface area contributed by atoms with Gasteiger partial charge in [0.25, 0.3) is 5.56 Å². The zero-order valence-corrected chi connectivity index (χ0v) is 31.0. The van der Waals surface area contributed by atoms with E-state index in [2.05, 4.69) is 41.5 Å². The fraction of sp³-hybridized carbons (Fsp3) is 0.389. The summed E-state index contributed by atoms with van der Waals surface area (Å²) in [5.74, 6) is 0.818. The summed E-state index contributed by atoms with van der Waals surface area (Å²) in [6.07, 6.45) is 4.61. The third-order valence-corrected chi connectivity index (χ3v) is 9.55. The van der Waals surface area contributed by atoms with Gasteiger partial charge < -0.3 is 25.6 Å². The van der Waals surface area contributed by atoms with Gasteiger partial charge in [-0.05, 0) is 74.1 Å². The second-order valence-electron chi connectivity index (χ2n) is 14.1. The largest absolute Gasteiger partial charge is 0.497 e. The highest BCUT2D eigenvalue weighted by Gasteiger charge is 2.27. The molecule has 272 valence electrons. The Labute approximate surface area is 305 Å². The van der Waals surface area contributed by atoms with Crippen molar-refractivity contribution in [2.45, 2.75) is 51.6 Å². The minimum atomic E-state index is -0.644. The molecule has 16 heteroatoms. The maximum Gasteiger partial charge on any atom is 0.267 e. The van der Waals surface area contributed by atoms with Gasteiger partial charge in [-0.2, -0.15) is 4.80 Å². The number of nitrogens with two attached hydrogens (primary N) is 1. The van der Waals surface area contributed by atoms with Crippen LogP contribution in [-0.2, 0) is 16.8 Å². The average Bonchev–Trinajstić information content (AvgIpc) is 3.78. The molecule has 0 unspecified atom stereocenters. The van der Waals surface area contributed by atoms with Gasteiger partial charge in [-0.25, -0.2) is 9.97 Å². The number of tetrazole rings is 1. The molecular weight excluding hydrogens is 683 g/mol. The Morgan fingerprint density at radius 3 is 2.46 bits per heavy atom. The van der Waals surface area contributed by atoms with E-state index in [0.717, 1.165) is 17.0 Å². The van der Waals surface area contributed by atoms with Crippen molar-refractivity contribution in [1.29, 1.82) is 0 Å². The average molecular weight is 726 g/mol. The van der Waals surface area contributed by atoms with Gasteiger partial charge in [0, 0.05) is 35.5 Å². The van der Waals surface area contributed by atoms with E-state index < -0.39 is 5.91 Å². The molecule has 1 saturated heterocycles. The number of aromatic nitrogens is 7. The van der Waals surface area contributed by atoms with E-state index in [4.69, 9.17) is 20.4 Å². The van der Waals surface area contributed by atoms with Crippen LogP contribution in [0.15, 0.2) is 46.6 Å². The van der Waals surface area contributed by atoms with E-state index >= 15 is 0 Å². The Morgan fingerprint density at radius 1 is 1.10 bits per heavy atom. The molecule has 0 atom stereocenters. The van der Waals surface area contributed by atoms with Crippen molar-refractivity contribution in [3.63, 3.8) is 0 Å². The Hall–Kier alpha value is -5.48. The number of rotatable bonds is 11. The first-order valence-corrected chi connectivity index (χ1v) is 17.8. The van der Waals surface area contributed by atoms with Crippen molar-refractivity contribution < 1.29 is 14.3 Å². The van der Waals surface area contributed by atoms with Crippen LogP contribution >= 0.6 is 11.3 Å². The van der Waals surface area contributed by atoms with Crippen LogP contribution in [0.2, 0.25) is 0 Å². The van der Waals surface area contributed by atoms with Gasteiger partial charge in [0.15, 0.2) is 5.82 Å². The highest BCUT2D eigenvalue weighted by Crippen LogP contribution is 2.32. The minimum absolute atomic E-state index is 0.0100. The molecule has 5 aromatic rings. The van der Waals surface area contributed by atoms with Gasteiger partial charge in [0.05, 0.1) is 37.2 Å². The Morgan fingerprint density at radius 2 is 1.83 bits per heavy atom. The first-order valence-electron chi connectivity index (χ1n) is 16.9. The third-order valence-electron chi connectivity index (χ3n) is 8.69. The lowest BCUT2D eigenvalue weighted by Gasteiger charge is -2.34. The number of carbonyl (C=O) groups is 2. The van der Waals surface area contributed by atoms with E-state index in [0.29, 0.717) is 66.9 Å². The fourth-order valence-electron chi connectivity index (χ4n) is 5.92. The molecule has 1 aliphatic rings. The number of amides is 2. The lowest BCUT2D eigenvalue weighted by molar-refractivity contribution is -0.122. The predicted molar refractivity (Wildman–Crippen MR) is 201 cm³/mol. The van der Waals surface area contributed by atoms with Crippen LogP contribution in [0.1, 0.15) is 66.6 Å². The number of piperidine rings is 1. The number of ether oxygens (including phenoxy) is 1. The summed E-state index contributed by atoms with van der Waals surface area (Å²) < 4.78 is 6.72.